The third-order valence-electron chi connectivity index (χ3n) is 3.15. The van der Waals surface area contributed by atoms with Crippen molar-refractivity contribution in [1.82, 2.24) is 15.2 Å². The van der Waals surface area contributed by atoms with Crippen molar-refractivity contribution < 1.29 is 9.90 Å². The van der Waals surface area contributed by atoms with E-state index in [9.17, 15) is 9.90 Å². The zero-order chi connectivity index (χ0) is 15.5. The number of carbonyl (C=O) groups is 1. The number of aliphatic hydroxyl groups is 1. The number of likely N-dealkylation sites (N-methyl/N-ethyl adjacent to an activating group) is 1. The zero-order valence-electron chi connectivity index (χ0n) is 12.6. The molecule has 2 rings (SSSR count). The van der Waals surface area contributed by atoms with Crippen LogP contribution in [0.25, 0.3) is 10.9 Å². The van der Waals surface area contributed by atoms with Crippen molar-refractivity contribution in [1.29, 1.82) is 0 Å². The van der Waals surface area contributed by atoms with Crippen LogP contribution in [0.5, 0.6) is 0 Å². The molecule has 0 aliphatic carbocycles. The maximum absolute atomic E-state index is 12.2. The van der Waals surface area contributed by atoms with Gasteiger partial charge in [0.25, 0.3) is 5.91 Å². The maximum Gasteiger partial charge on any atom is 0.251 e. The third-order valence-corrected chi connectivity index (χ3v) is 3.15. The number of aromatic nitrogens is 1. The van der Waals surface area contributed by atoms with Gasteiger partial charge in [-0.2, -0.15) is 0 Å². The van der Waals surface area contributed by atoms with Crippen LogP contribution in [0.15, 0.2) is 36.5 Å². The molecular weight excluding hydrogens is 266 g/mol. The van der Waals surface area contributed by atoms with Gasteiger partial charge in [-0.25, -0.2) is 0 Å². The third kappa shape index (κ3) is 4.24. The average Bonchev–Trinajstić information content (AvgIpc) is 2.43. The summed E-state index contributed by atoms with van der Waals surface area (Å²) in [7, 11) is 3.76. The number of amides is 1. The Kier molecular flexibility index (Phi) is 4.55. The van der Waals surface area contributed by atoms with Gasteiger partial charge in [0, 0.05) is 30.2 Å². The molecule has 1 amide bonds. The first kappa shape index (κ1) is 15.4. The van der Waals surface area contributed by atoms with Crippen molar-refractivity contribution in [3.05, 3.63) is 42.1 Å². The summed E-state index contributed by atoms with van der Waals surface area (Å²) < 4.78 is 0. The lowest BCUT2D eigenvalue weighted by molar-refractivity contribution is 0.0326. The van der Waals surface area contributed by atoms with Gasteiger partial charge in [-0.15, -0.1) is 0 Å². The lowest BCUT2D eigenvalue weighted by Crippen LogP contribution is -2.47. The highest BCUT2D eigenvalue weighted by atomic mass is 16.3. The second-order valence-electron chi connectivity index (χ2n) is 5.83. The summed E-state index contributed by atoms with van der Waals surface area (Å²) in [5, 5.41) is 13.9. The summed E-state index contributed by atoms with van der Waals surface area (Å²) >= 11 is 0. The fraction of sp³-hybridized carbons (Fsp3) is 0.375. The molecule has 1 heterocycles. The van der Waals surface area contributed by atoms with E-state index in [1.165, 1.54) is 0 Å². The Morgan fingerprint density at radius 3 is 2.86 bits per heavy atom. The number of hydrogen-bond donors (Lipinski definition) is 2. The lowest BCUT2D eigenvalue weighted by atomic mass is 10.1. The Morgan fingerprint density at radius 1 is 1.38 bits per heavy atom. The molecule has 2 aromatic rings. The predicted octanol–water partition coefficient (Wildman–Crippen LogP) is 1.28. The minimum Gasteiger partial charge on any atom is -0.387 e. The van der Waals surface area contributed by atoms with Crippen LogP contribution in [-0.4, -0.2) is 53.7 Å². The van der Waals surface area contributed by atoms with Gasteiger partial charge in [0.2, 0.25) is 0 Å². The van der Waals surface area contributed by atoms with Crippen molar-refractivity contribution in [3.8, 4) is 0 Å². The molecule has 0 saturated carbocycles. The molecule has 0 aliphatic rings. The highest BCUT2D eigenvalue weighted by molar-refractivity contribution is 5.97. The molecule has 112 valence electrons. The highest BCUT2D eigenvalue weighted by Gasteiger charge is 2.22. The van der Waals surface area contributed by atoms with Crippen LogP contribution in [0.3, 0.4) is 0 Å². The average molecular weight is 287 g/mol. The smallest absolute Gasteiger partial charge is 0.251 e. The normalized spacial score (nSPS) is 14.1. The van der Waals surface area contributed by atoms with E-state index in [0.29, 0.717) is 12.1 Å². The Labute approximate surface area is 124 Å². The van der Waals surface area contributed by atoms with Crippen molar-refractivity contribution >= 4 is 16.8 Å². The molecule has 0 spiro atoms. The zero-order valence-corrected chi connectivity index (χ0v) is 12.6. The van der Waals surface area contributed by atoms with E-state index in [1.54, 1.807) is 25.3 Å². The van der Waals surface area contributed by atoms with Crippen LogP contribution >= 0.6 is 0 Å². The quantitative estimate of drug-likeness (QED) is 0.869. The van der Waals surface area contributed by atoms with Gasteiger partial charge in [-0.3, -0.25) is 9.78 Å². The predicted molar refractivity (Wildman–Crippen MR) is 83.3 cm³/mol. The van der Waals surface area contributed by atoms with Crippen molar-refractivity contribution in [2.24, 2.45) is 0 Å². The monoisotopic (exact) mass is 287 g/mol. The highest BCUT2D eigenvalue weighted by Crippen LogP contribution is 2.13. The molecule has 0 radical (unpaired) electrons. The van der Waals surface area contributed by atoms with Gasteiger partial charge in [0.1, 0.15) is 0 Å². The van der Waals surface area contributed by atoms with E-state index in [0.717, 1.165) is 10.9 Å². The molecule has 0 fully saturated rings. The standard InChI is InChI=1S/C16H21N3O2/c1-16(21,11-19(2)3)10-18-15(20)13-6-7-14-12(9-13)5-4-8-17-14/h4-9,21H,10-11H2,1-3H3,(H,18,20). The van der Waals surface area contributed by atoms with Crippen LogP contribution in [0.4, 0.5) is 0 Å². The van der Waals surface area contributed by atoms with Gasteiger partial charge >= 0.3 is 0 Å². The Morgan fingerprint density at radius 2 is 2.14 bits per heavy atom. The Bertz CT molecular complexity index is 638. The summed E-state index contributed by atoms with van der Waals surface area (Å²) in [6.45, 7) is 2.39. The first-order valence-corrected chi connectivity index (χ1v) is 6.87. The van der Waals surface area contributed by atoms with Gasteiger partial charge in [-0.1, -0.05) is 6.07 Å². The lowest BCUT2D eigenvalue weighted by Gasteiger charge is -2.27. The molecule has 2 N–H and O–H groups in total. The van der Waals surface area contributed by atoms with Gasteiger partial charge < -0.3 is 15.3 Å². The van der Waals surface area contributed by atoms with Crippen molar-refractivity contribution in [2.75, 3.05) is 27.2 Å². The van der Waals surface area contributed by atoms with E-state index in [2.05, 4.69) is 10.3 Å². The first-order chi connectivity index (χ1) is 9.87. The first-order valence-electron chi connectivity index (χ1n) is 6.87. The van der Waals surface area contributed by atoms with Crippen molar-refractivity contribution in [3.63, 3.8) is 0 Å². The van der Waals surface area contributed by atoms with E-state index in [4.69, 9.17) is 0 Å². The Hall–Kier alpha value is -1.98. The Balaban J connectivity index is 2.05. The summed E-state index contributed by atoms with van der Waals surface area (Å²) in [4.78, 5) is 18.3. The number of rotatable bonds is 5. The van der Waals surface area contributed by atoms with E-state index < -0.39 is 5.60 Å². The number of hydrogen-bond acceptors (Lipinski definition) is 4. The van der Waals surface area contributed by atoms with Crippen LogP contribution in [0, 0.1) is 0 Å². The fourth-order valence-electron chi connectivity index (χ4n) is 2.33. The van der Waals surface area contributed by atoms with Crippen LogP contribution in [0.1, 0.15) is 17.3 Å². The second kappa shape index (κ2) is 6.20. The number of carbonyl (C=O) groups excluding carboxylic acids is 1. The largest absolute Gasteiger partial charge is 0.387 e. The molecule has 5 nitrogen and oxygen atoms in total. The number of nitrogens with zero attached hydrogens (tertiary/aromatic N) is 2. The molecule has 1 atom stereocenters. The van der Waals surface area contributed by atoms with Gasteiger partial charge in [0.15, 0.2) is 0 Å². The molecule has 1 aromatic carbocycles. The van der Waals surface area contributed by atoms with E-state index in [-0.39, 0.29) is 12.5 Å². The maximum atomic E-state index is 12.2. The van der Waals surface area contributed by atoms with Gasteiger partial charge in [0.05, 0.1) is 11.1 Å². The minimum absolute atomic E-state index is 0.195. The summed E-state index contributed by atoms with van der Waals surface area (Å²) in [6, 6.07) is 9.12. The number of fused-ring (bicyclic) bond motifs is 1. The number of benzene rings is 1. The van der Waals surface area contributed by atoms with Crippen LogP contribution in [0.2, 0.25) is 0 Å². The molecule has 1 aromatic heterocycles. The van der Waals surface area contributed by atoms with E-state index >= 15 is 0 Å². The minimum atomic E-state index is -0.961. The molecular formula is C16H21N3O2. The molecule has 5 heteroatoms. The molecule has 0 aliphatic heterocycles. The SMILES string of the molecule is CN(C)CC(C)(O)CNC(=O)c1ccc2ncccc2c1. The van der Waals surface area contributed by atoms with Gasteiger partial charge in [-0.05, 0) is 45.3 Å². The summed E-state index contributed by atoms with van der Waals surface area (Å²) in [5.74, 6) is -0.195. The summed E-state index contributed by atoms with van der Waals surface area (Å²) in [6.07, 6.45) is 1.72. The molecule has 0 bridgehead atoms. The topological polar surface area (TPSA) is 65.5 Å². The number of nitrogens with one attached hydrogen (secondary N) is 1. The molecule has 1 unspecified atom stereocenters. The molecule has 0 saturated heterocycles. The van der Waals surface area contributed by atoms with E-state index in [1.807, 2.05) is 37.2 Å². The van der Waals surface area contributed by atoms with Crippen LogP contribution < -0.4 is 5.32 Å². The second-order valence-corrected chi connectivity index (χ2v) is 5.83. The summed E-state index contributed by atoms with van der Waals surface area (Å²) in [5.41, 5.74) is 0.460. The van der Waals surface area contributed by atoms with Crippen LogP contribution in [-0.2, 0) is 0 Å². The number of pyridine rings is 1. The fourth-order valence-corrected chi connectivity index (χ4v) is 2.33. The molecule has 21 heavy (non-hydrogen) atoms. The van der Waals surface area contributed by atoms with Crippen molar-refractivity contribution in [2.45, 2.75) is 12.5 Å².